The van der Waals surface area contributed by atoms with Crippen LogP contribution in [0.2, 0.25) is 0 Å². The fourth-order valence-corrected chi connectivity index (χ4v) is 0.854. The number of rotatable bonds is 3. The van der Waals surface area contributed by atoms with Crippen LogP contribution < -0.4 is 0 Å². The lowest BCUT2D eigenvalue weighted by Gasteiger charge is -2.20. The van der Waals surface area contributed by atoms with Crippen LogP contribution in [-0.2, 0) is 0 Å². The molecule has 0 saturated carbocycles. The largest absolute Gasteiger partial charge is 0.0683 e. The molecule has 0 heteroatoms. The molecule has 0 fully saturated rings. The van der Waals surface area contributed by atoms with E-state index < -0.39 is 0 Å². The highest BCUT2D eigenvalue weighted by molar-refractivity contribution is 4.63. The van der Waals surface area contributed by atoms with Crippen LogP contribution in [0.4, 0.5) is 0 Å². The van der Waals surface area contributed by atoms with Crippen LogP contribution in [0.25, 0.3) is 0 Å². The fraction of sp³-hybridized carbons (Fsp3) is 1.00. The van der Waals surface area contributed by atoms with E-state index in [9.17, 15) is 0 Å². The van der Waals surface area contributed by atoms with E-state index in [-0.39, 0.29) is 0 Å². The van der Waals surface area contributed by atoms with E-state index in [1.165, 1.54) is 19.3 Å². The first kappa shape index (κ1) is 12.7. The lowest BCUT2D eigenvalue weighted by Crippen LogP contribution is -2.07. The molecule has 0 radical (unpaired) electrons. The average Bonchev–Trinajstić information content (AvgIpc) is 1.93. The molecule has 0 unspecified atom stereocenters. The molecule has 0 aliphatic heterocycles. The third-order valence-corrected chi connectivity index (χ3v) is 1.88. The van der Waals surface area contributed by atoms with Crippen LogP contribution in [-0.4, -0.2) is 0 Å². The summed E-state index contributed by atoms with van der Waals surface area (Å²) in [5, 5.41) is 0. The first-order valence-corrected chi connectivity index (χ1v) is 4.62. The first-order chi connectivity index (χ1) is 4.62. The van der Waals surface area contributed by atoms with Gasteiger partial charge in [-0.15, -0.1) is 0 Å². The Morgan fingerprint density at radius 2 is 1.40 bits per heavy atom. The van der Waals surface area contributed by atoms with Gasteiger partial charge in [0.15, 0.2) is 0 Å². The molecule has 0 aromatic carbocycles. The summed E-state index contributed by atoms with van der Waals surface area (Å²) in [6.45, 7) is 13.2. The van der Waals surface area contributed by atoms with E-state index >= 15 is 0 Å². The molecular formula is C10H24. The molecular weight excluding hydrogens is 120 g/mol. The Balaban J connectivity index is 0. The summed E-state index contributed by atoms with van der Waals surface area (Å²) in [6, 6.07) is 0. The van der Waals surface area contributed by atoms with Gasteiger partial charge in [0.05, 0.1) is 0 Å². The summed E-state index contributed by atoms with van der Waals surface area (Å²) < 4.78 is 0. The van der Waals surface area contributed by atoms with Crippen molar-refractivity contribution in [1.29, 1.82) is 0 Å². The molecule has 0 nitrogen and oxygen atoms in total. The lowest BCUT2D eigenvalue weighted by atomic mass is 9.86. The van der Waals surface area contributed by atoms with Crippen LogP contribution in [0.3, 0.4) is 0 Å². The second kappa shape index (κ2) is 7.11. The maximum atomic E-state index is 2.33. The highest BCUT2D eigenvalue weighted by atomic mass is 14.2. The molecule has 0 aromatic rings. The molecule has 0 atom stereocenters. The maximum Gasteiger partial charge on any atom is -0.0357 e. The second-order valence-corrected chi connectivity index (χ2v) is 3.27. The first-order valence-electron chi connectivity index (χ1n) is 4.62. The van der Waals surface area contributed by atoms with Gasteiger partial charge < -0.3 is 0 Å². The van der Waals surface area contributed by atoms with Gasteiger partial charge in [0, 0.05) is 0 Å². The summed E-state index contributed by atoms with van der Waals surface area (Å²) in [5.41, 5.74) is 0.592. The van der Waals surface area contributed by atoms with Crippen molar-refractivity contribution in [3.05, 3.63) is 0 Å². The van der Waals surface area contributed by atoms with Crippen molar-refractivity contribution >= 4 is 0 Å². The molecule has 0 heterocycles. The summed E-state index contributed by atoms with van der Waals surface area (Å²) in [4.78, 5) is 0. The van der Waals surface area contributed by atoms with E-state index in [1.54, 1.807) is 0 Å². The molecule has 0 saturated heterocycles. The predicted molar refractivity (Wildman–Crippen MR) is 50.3 cm³/mol. The Morgan fingerprint density at radius 3 is 1.50 bits per heavy atom. The molecule has 10 heavy (non-hydrogen) atoms. The average molecular weight is 144 g/mol. The van der Waals surface area contributed by atoms with Gasteiger partial charge in [0.1, 0.15) is 0 Å². The van der Waals surface area contributed by atoms with E-state index in [1.807, 2.05) is 13.8 Å². The summed E-state index contributed by atoms with van der Waals surface area (Å²) in [6.07, 6.45) is 3.99. The molecule has 0 aromatic heterocycles. The van der Waals surface area contributed by atoms with Crippen LogP contribution in [0.5, 0.6) is 0 Å². The van der Waals surface area contributed by atoms with Crippen molar-refractivity contribution in [2.45, 2.75) is 60.8 Å². The van der Waals surface area contributed by atoms with Crippen molar-refractivity contribution in [2.24, 2.45) is 5.41 Å². The molecule has 0 spiro atoms. The third kappa shape index (κ3) is 8.00. The zero-order valence-corrected chi connectivity index (χ0v) is 8.62. The van der Waals surface area contributed by atoms with Gasteiger partial charge in [-0.1, -0.05) is 54.4 Å². The molecule has 0 N–H and O–H groups in total. The van der Waals surface area contributed by atoms with Gasteiger partial charge in [0.2, 0.25) is 0 Å². The smallest absolute Gasteiger partial charge is 0.0357 e. The molecule has 64 valence electrons. The van der Waals surface area contributed by atoms with Crippen LogP contribution in [0.15, 0.2) is 0 Å². The minimum absolute atomic E-state index is 0.592. The van der Waals surface area contributed by atoms with E-state index in [0.717, 1.165) is 0 Å². The van der Waals surface area contributed by atoms with Crippen molar-refractivity contribution in [3.63, 3.8) is 0 Å². The second-order valence-electron chi connectivity index (χ2n) is 3.27. The van der Waals surface area contributed by atoms with Gasteiger partial charge in [0.25, 0.3) is 0 Å². The summed E-state index contributed by atoms with van der Waals surface area (Å²) >= 11 is 0. The van der Waals surface area contributed by atoms with Crippen LogP contribution in [0, 0.1) is 5.41 Å². The van der Waals surface area contributed by atoms with Crippen molar-refractivity contribution < 1.29 is 0 Å². The molecule has 0 aliphatic rings. The zero-order valence-electron chi connectivity index (χ0n) is 8.62. The van der Waals surface area contributed by atoms with Gasteiger partial charge in [-0.3, -0.25) is 0 Å². The van der Waals surface area contributed by atoms with Crippen molar-refractivity contribution in [3.8, 4) is 0 Å². The standard InChI is InChI=1S/C8H18.C2H6/c1-5-7-8(3,4)6-2;1-2/h5-7H2,1-4H3;1-2H3. The van der Waals surface area contributed by atoms with Gasteiger partial charge in [-0.25, -0.2) is 0 Å². The van der Waals surface area contributed by atoms with E-state index in [4.69, 9.17) is 0 Å². The quantitative estimate of drug-likeness (QED) is 0.555. The van der Waals surface area contributed by atoms with Gasteiger partial charge in [-0.05, 0) is 11.8 Å². The highest BCUT2D eigenvalue weighted by Crippen LogP contribution is 2.25. The van der Waals surface area contributed by atoms with Crippen molar-refractivity contribution in [1.82, 2.24) is 0 Å². The summed E-state index contributed by atoms with van der Waals surface area (Å²) in [5.74, 6) is 0. The van der Waals surface area contributed by atoms with E-state index in [0.29, 0.717) is 5.41 Å². The SMILES string of the molecule is CC.CCCC(C)(C)CC. The summed E-state index contributed by atoms with van der Waals surface area (Å²) in [7, 11) is 0. The normalized spacial score (nSPS) is 10.2. The van der Waals surface area contributed by atoms with Crippen LogP contribution >= 0.6 is 0 Å². The van der Waals surface area contributed by atoms with Gasteiger partial charge in [-0.2, -0.15) is 0 Å². The van der Waals surface area contributed by atoms with E-state index in [2.05, 4.69) is 27.7 Å². The number of hydrogen-bond acceptors (Lipinski definition) is 0. The Labute approximate surface area is 67.0 Å². The topological polar surface area (TPSA) is 0 Å². The Kier molecular flexibility index (Phi) is 9.00. The Hall–Kier alpha value is 0. The third-order valence-electron chi connectivity index (χ3n) is 1.88. The molecule has 0 aliphatic carbocycles. The van der Waals surface area contributed by atoms with Gasteiger partial charge >= 0.3 is 0 Å². The predicted octanol–water partition coefficient (Wildman–Crippen LogP) is 4.25. The minimum atomic E-state index is 0.592. The minimum Gasteiger partial charge on any atom is -0.0683 e. The Morgan fingerprint density at radius 1 is 1.00 bits per heavy atom. The fourth-order valence-electron chi connectivity index (χ4n) is 0.854. The molecule has 0 amide bonds. The Bertz CT molecular complexity index is 53.1. The molecule has 0 bridgehead atoms. The van der Waals surface area contributed by atoms with Crippen molar-refractivity contribution in [2.75, 3.05) is 0 Å². The lowest BCUT2D eigenvalue weighted by molar-refractivity contribution is 0.319. The van der Waals surface area contributed by atoms with Crippen LogP contribution in [0.1, 0.15) is 60.8 Å². The maximum absolute atomic E-state index is 2.33. The monoisotopic (exact) mass is 144 g/mol. The molecule has 0 rings (SSSR count). The zero-order chi connectivity index (χ0) is 8.62. The number of hydrogen-bond donors (Lipinski definition) is 0. The highest BCUT2D eigenvalue weighted by Gasteiger charge is 2.11.